The third-order valence-electron chi connectivity index (χ3n) is 1.57. The Morgan fingerprint density at radius 1 is 1.62 bits per heavy atom. The molecule has 0 amide bonds. The molecule has 1 aromatic heterocycles. The number of hydrogen-bond donors (Lipinski definition) is 1. The summed E-state index contributed by atoms with van der Waals surface area (Å²) in [7, 11) is 0. The maximum absolute atomic E-state index is 5.46. The number of nitrogens with zero attached hydrogens (tertiary/aromatic N) is 2. The summed E-state index contributed by atoms with van der Waals surface area (Å²) in [5.41, 5.74) is 5.39. The van der Waals surface area contributed by atoms with Crippen LogP contribution in [0.4, 0.5) is 0 Å². The molecule has 0 unspecified atom stereocenters. The summed E-state index contributed by atoms with van der Waals surface area (Å²) < 4.78 is 7.31. The van der Waals surface area contributed by atoms with Crippen LogP contribution < -0.4 is 10.5 Å². The zero-order chi connectivity index (χ0) is 9.68. The quantitative estimate of drug-likeness (QED) is 0.741. The van der Waals surface area contributed by atoms with Gasteiger partial charge in [-0.1, -0.05) is 0 Å². The number of aromatic nitrogens is 2. The Balaban J connectivity index is 2.44. The fourth-order valence-corrected chi connectivity index (χ4v) is 1.05. The van der Waals surface area contributed by atoms with Gasteiger partial charge in [-0.25, -0.2) is 0 Å². The van der Waals surface area contributed by atoms with Crippen molar-refractivity contribution in [2.45, 2.75) is 32.9 Å². The predicted molar refractivity (Wildman–Crippen MR) is 51.7 cm³/mol. The molecule has 0 aromatic carbocycles. The van der Waals surface area contributed by atoms with Crippen molar-refractivity contribution in [2.24, 2.45) is 5.73 Å². The second-order valence-electron chi connectivity index (χ2n) is 3.25. The number of ether oxygens (including phenoxy) is 1. The molecule has 0 saturated heterocycles. The molecule has 0 saturated carbocycles. The van der Waals surface area contributed by atoms with Gasteiger partial charge in [0.05, 0.1) is 18.5 Å². The van der Waals surface area contributed by atoms with Crippen LogP contribution in [0.5, 0.6) is 5.75 Å². The zero-order valence-electron chi connectivity index (χ0n) is 8.23. The van der Waals surface area contributed by atoms with Crippen LogP contribution in [0.3, 0.4) is 0 Å². The maximum Gasteiger partial charge on any atom is 0.157 e. The minimum absolute atomic E-state index is 0.201. The van der Waals surface area contributed by atoms with Gasteiger partial charge in [-0.05, 0) is 26.8 Å². The van der Waals surface area contributed by atoms with Gasteiger partial charge in [-0.2, -0.15) is 5.10 Å². The predicted octanol–water partition coefficient (Wildman–Crippen LogP) is 1.02. The van der Waals surface area contributed by atoms with Gasteiger partial charge in [-0.15, -0.1) is 0 Å². The monoisotopic (exact) mass is 183 g/mol. The van der Waals surface area contributed by atoms with Crippen molar-refractivity contribution in [3.63, 3.8) is 0 Å². The van der Waals surface area contributed by atoms with E-state index < -0.39 is 0 Å². The lowest BCUT2D eigenvalue weighted by atomic mass is 10.4. The average molecular weight is 183 g/mol. The topological polar surface area (TPSA) is 53.1 Å². The summed E-state index contributed by atoms with van der Waals surface area (Å²) in [5.74, 6) is 0.826. The lowest BCUT2D eigenvalue weighted by Crippen LogP contribution is -2.06. The molecule has 0 aliphatic rings. The first-order chi connectivity index (χ1) is 6.22. The van der Waals surface area contributed by atoms with Crippen LogP contribution in [0.15, 0.2) is 12.4 Å². The van der Waals surface area contributed by atoms with Crippen molar-refractivity contribution in [1.82, 2.24) is 9.78 Å². The van der Waals surface area contributed by atoms with Gasteiger partial charge in [0.2, 0.25) is 0 Å². The van der Waals surface area contributed by atoms with Crippen LogP contribution in [0, 0.1) is 0 Å². The smallest absolute Gasteiger partial charge is 0.157 e. The summed E-state index contributed by atoms with van der Waals surface area (Å²) >= 11 is 0. The van der Waals surface area contributed by atoms with E-state index >= 15 is 0 Å². The first kappa shape index (κ1) is 10.1. The fraction of sp³-hybridized carbons (Fsp3) is 0.667. The molecule has 2 N–H and O–H groups in total. The van der Waals surface area contributed by atoms with Gasteiger partial charge >= 0.3 is 0 Å². The van der Waals surface area contributed by atoms with Gasteiger partial charge in [0.25, 0.3) is 0 Å². The van der Waals surface area contributed by atoms with E-state index in [1.165, 1.54) is 0 Å². The van der Waals surface area contributed by atoms with Gasteiger partial charge in [0.15, 0.2) is 5.75 Å². The molecule has 0 aliphatic heterocycles. The minimum atomic E-state index is 0.201. The Labute approximate surface area is 78.7 Å². The van der Waals surface area contributed by atoms with Gasteiger partial charge in [-0.3, -0.25) is 4.68 Å². The summed E-state index contributed by atoms with van der Waals surface area (Å²) in [5, 5.41) is 4.14. The molecule has 0 radical (unpaired) electrons. The van der Waals surface area contributed by atoms with E-state index in [-0.39, 0.29) is 6.10 Å². The van der Waals surface area contributed by atoms with Crippen molar-refractivity contribution in [3.05, 3.63) is 12.4 Å². The lowest BCUT2D eigenvalue weighted by Gasteiger charge is -2.05. The molecule has 13 heavy (non-hydrogen) atoms. The second kappa shape index (κ2) is 4.87. The Kier molecular flexibility index (Phi) is 3.76. The van der Waals surface area contributed by atoms with Crippen molar-refractivity contribution in [3.8, 4) is 5.75 Å². The molecule has 0 atom stereocenters. The third-order valence-corrected chi connectivity index (χ3v) is 1.57. The van der Waals surface area contributed by atoms with E-state index in [0.717, 1.165) is 18.7 Å². The zero-order valence-corrected chi connectivity index (χ0v) is 8.23. The number of rotatable bonds is 5. The maximum atomic E-state index is 5.46. The van der Waals surface area contributed by atoms with Crippen molar-refractivity contribution < 1.29 is 4.74 Å². The Bertz CT molecular complexity index is 245. The standard InChI is InChI=1S/C9H17N3O/c1-8(2)13-9-6-11-12(7-9)5-3-4-10/h6-8H,3-5,10H2,1-2H3. The first-order valence-electron chi connectivity index (χ1n) is 4.61. The molecule has 1 aromatic rings. The Hall–Kier alpha value is -1.03. The van der Waals surface area contributed by atoms with Crippen LogP contribution in [0.25, 0.3) is 0 Å². The minimum Gasteiger partial charge on any atom is -0.488 e. The van der Waals surface area contributed by atoms with Crippen molar-refractivity contribution in [2.75, 3.05) is 6.54 Å². The van der Waals surface area contributed by atoms with Gasteiger partial charge in [0, 0.05) is 6.54 Å². The van der Waals surface area contributed by atoms with E-state index in [0.29, 0.717) is 6.54 Å². The molecule has 1 heterocycles. The molecule has 4 nitrogen and oxygen atoms in total. The van der Waals surface area contributed by atoms with Gasteiger partial charge in [0.1, 0.15) is 0 Å². The highest BCUT2D eigenvalue weighted by molar-refractivity contribution is 5.11. The van der Waals surface area contributed by atoms with Crippen LogP contribution in [-0.4, -0.2) is 22.4 Å². The largest absolute Gasteiger partial charge is 0.488 e. The molecule has 0 aliphatic carbocycles. The highest BCUT2D eigenvalue weighted by Gasteiger charge is 2.00. The molecule has 4 heteroatoms. The Morgan fingerprint density at radius 3 is 3.00 bits per heavy atom. The molecule has 1 rings (SSSR count). The molecular weight excluding hydrogens is 166 g/mol. The van der Waals surface area contributed by atoms with E-state index in [4.69, 9.17) is 10.5 Å². The summed E-state index contributed by atoms with van der Waals surface area (Å²) in [6.07, 6.45) is 4.78. The molecule has 0 spiro atoms. The average Bonchev–Trinajstić information content (AvgIpc) is 2.48. The van der Waals surface area contributed by atoms with E-state index in [1.807, 2.05) is 24.7 Å². The second-order valence-corrected chi connectivity index (χ2v) is 3.25. The lowest BCUT2D eigenvalue weighted by molar-refractivity contribution is 0.242. The van der Waals surface area contributed by atoms with Crippen LogP contribution in [-0.2, 0) is 6.54 Å². The summed E-state index contributed by atoms with van der Waals surface area (Å²) in [6, 6.07) is 0. The molecule has 74 valence electrons. The highest BCUT2D eigenvalue weighted by Crippen LogP contribution is 2.10. The van der Waals surface area contributed by atoms with Gasteiger partial charge < -0.3 is 10.5 Å². The fourth-order valence-electron chi connectivity index (χ4n) is 1.05. The molecule has 0 fully saturated rings. The SMILES string of the molecule is CC(C)Oc1cnn(CCCN)c1. The number of aryl methyl sites for hydroxylation is 1. The Morgan fingerprint density at radius 2 is 2.38 bits per heavy atom. The normalized spacial score (nSPS) is 10.8. The van der Waals surface area contributed by atoms with Crippen molar-refractivity contribution >= 4 is 0 Å². The van der Waals surface area contributed by atoms with E-state index in [1.54, 1.807) is 6.20 Å². The van der Waals surface area contributed by atoms with E-state index in [2.05, 4.69) is 5.10 Å². The number of nitrogens with two attached hydrogens (primary N) is 1. The van der Waals surface area contributed by atoms with Crippen molar-refractivity contribution in [1.29, 1.82) is 0 Å². The van der Waals surface area contributed by atoms with Crippen LogP contribution >= 0.6 is 0 Å². The van der Waals surface area contributed by atoms with Crippen LogP contribution in [0.2, 0.25) is 0 Å². The third kappa shape index (κ3) is 3.46. The van der Waals surface area contributed by atoms with Crippen LogP contribution in [0.1, 0.15) is 20.3 Å². The summed E-state index contributed by atoms with van der Waals surface area (Å²) in [6.45, 7) is 5.55. The summed E-state index contributed by atoms with van der Waals surface area (Å²) in [4.78, 5) is 0. The first-order valence-corrected chi connectivity index (χ1v) is 4.61. The highest BCUT2D eigenvalue weighted by atomic mass is 16.5. The van der Waals surface area contributed by atoms with E-state index in [9.17, 15) is 0 Å². The number of hydrogen-bond acceptors (Lipinski definition) is 3. The molecular formula is C9H17N3O. The molecule has 0 bridgehead atoms.